The van der Waals surface area contributed by atoms with Gasteiger partial charge in [-0.2, -0.15) is 8.78 Å². The number of benzene rings is 1. The van der Waals surface area contributed by atoms with Gasteiger partial charge >= 0.3 is 0 Å². The number of hydrogen-bond donors (Lipinski definition) is 0. The van der Waals surface area contributed by atoms with Crippen molar-refractivity contribution in [1.29, 1.82) is 0 Å². The van der Waals surface area contributed by atoms with E-state index in [4.69, 9.17) is 0 Å². The van der Waals surface area contributed by atoms with Gasteiger partial charge < -0.3 is 4.40 Å². The lowest BCUT2D eigenvalue weighted by atomic mass is 10.0. The highest BCUT2D eigenvalue weighted by molar-refractivity contribution is 7.99. The molecule has 0 bridgehead atoms. The van der Waals surface area contributed by atoms with Gasteiger partial charge in [0.25, 0.3) is 5.92 Å². The van der Waals surface area contributed by atoms with Crippen LogP contribution in [0.25, 0.3) is 16.8 Å². The molecule has 0 amide bonds. The maximum absolute atomic E-state index is 13.5. The van der Waals surface area contributed by atoms with Crippen molar-refractivity contribution < 1.29 is 8.78 Å². The number of hydrogen-bond acceptors (Lipinski definition) is 2. The summed E-state index contributed by atoms with van der Waals surface area (Å²) in [5.74, 6) is -1.95. The molecule has 0 radical (unpaired) electrons. The van der Waals surface area contributed by atoms with Crippen LogP contribution in [0.2, 0.25) is 0 Å². The molecule has 2 heterocycles. The van der Waals surface area contributed by atoms with Crippen LogP contribution in [0, 0.1) is 6.92 Å². The van der Waals surface area contributed by atoms with Crippen LogP contribution in [0.5, 0.6) is 0 Å². The van der Waals surface area contributed by atoms with Crippen LogP contribution >= 0.6 is 11.8 Å². The molecular formula is C18H18F2N2S. The molecule has 0 N–H and O–H groups in total. The van der Waals surface area contributed by atoms with Crippen LogP contribution in [0.1, 0.15) is 25.2 Å². The molecule has 3 aromatic rings. The van der Waals surface area contributed by atoms with Crippen molar-refractivity contribution >= 4 is 17.4 Å². The number of aryl methyl sites for hydroxylation is 1. The first-order valence-corrected chi connectivity index (χ1v) is 8.49. The highest BCUT2D eigenvalue weighted by Gasteiger charge is 2.28. The second-order valence-corrected chi connectivity index (χ2v) is 6.81. The van der Waals surface area contributed by atoms with Crippen LogP contribution < -0.4 is 0 Å². The Bertz CT molecular complexity index is 850. The summed E-state index contributed by atoms with van der Waals surface area (Å²) in [5, 5.41) is 0. The Kier molecular flexibility index (Phi) is 4.15. The molecule has 5 heteroatoms. The highest BCUT2D eigenvalue weighted by atomic mass is 32.2. The van der Waals surface area contributed by atoms with Crippen LogP contribution in [0.3, 0.4) is 0 Å². The Morgan fingerprint density at radius 3 is 2.57 bits per heavy atom. The fourth-order valence-electron chi connectivity index (χ4n) is 2.66. The average molecular weight is 332 g/mol. The van der Waals surface area contributed by atoms with E-state index < -0.39 is 5.92 Å². The molecule has 0 saturated carbocycles. The summed E-state index contributed by atoms with van der Waals surface area (Å²) >= 11 is 1.78. The maximum Gasteiger partial charge on any atom is 0.288 e. The van der Waals surface area contributed by atoms with Gasteiger partial charge in [-0.05, 0) is 36.4 Å². The van der Waals surface area contributed by atoms with Gasteiger partial charge in [-0.3, -0.25) is 0 Å². The smallest absolute Gasteiger partial charge is 0.288 e. The van der Waals surface area contributed by atoms with E-state index in [1.165, 1.54) is 11.1 Å². The van der Waals surface area contributed by atoms with Gasteiger partial charge in [0, 0.05) is 29.3 Å². The molecule has 0 aliphatic rings. The quantitative estimate of drug-likeness (QED) is 0.584. The predicted octanol–water partition coefficient (Wildman–Crippen LogP) is 5.53. The van der Waals surface area contributed by atoms with Crippen molar-refractivity contribution in [2.75, 3.05) is 5.75 Å². The Labute approximate surface area is 138 Å². The summed E-state index contributed by atoms with van der Waals surface area (Å²) in [7, 11) is 0. The normalized spacial score (nSPS) is 12.0. The van der Waals surface area contributed by atoms with Gasteiger partial charge in [0.05, 0.1) is 0 Å². The van der Waals surface area contributed by atoms with Gasteiger partial charge in [0.1, 0.15) is 11.3 Å². The minimum Gasteiger partial charge on any atom is -0.303 e. The largest absolute Gasteiger partial charge is 0.303 e. The molecular weight excluding hydrogens is 314 g/mol. The first-order valence-electron chi connectivity index (χ1n) is 7.51. The summed E-state index contributed by atoms with van der Waals surface area (Å²) in [5.41, 5.74) is 3.42. The monoisotopic (exact) mass is 332 g/mol. The van der Waals surface area contributed by atoms with Gasteiger partial charge in [-0.1, -0.05) is 25.1 Å². The van der Waals surface area contributed by atoms with E-state index in [-0.39, 0.29) is 5.69 Å². The molecule has 2 nitrogen and oxygen atoms in total. The molecule has 0 unspecified atom stereocenters. The van der Waals surface area contributed by atoms with Crippen molar-refractivity contribution in [3.05, 3.63) is 54.0 Å². The minimum absolute atomic E-state index is 0.200. The summed E-state index contributed by atoms with van der Waals surface area (Å²) in [6, 6.07) is 11.9. The molecule has 1 aromatic carbocycles. The molecule has 23 heavy (non-hydrogen) atoms. The predicted molar refractivity (Wildman–Crippen MR) is 91.3 cm³/mol. The first-order chi connectivity index (χ1) is 10.9. The lowest BCUT2D eigenvalue weighted by Crippen LogP contribution is -2.06. The fraction of sp³-hybridized carbons (Fsp3) is 0.278. The van der Waals surface area contributed by atoms with Gasteiger partial charge in [0.15, 0.2) is 0 Å². The summed E-state index contributed by atoms with van der Waals surface area (Å²) in [6.45, 7) is 4.93. The van der Waals surface area contributed by atoms with E-state index in [2.05, 4.69) is 24.0 Å². The lowest BCUT2D eigenvalue weighted by Gasteiger charge is -2.12. The van der Waals surface area contributed by atoms with Crippen LogP contribution in [0.15, 0.2) is 47.5 Å². The first kappa shape index (κ1) is 16.0. The van der Waals surface area contributed by atoms with E-state index in [1.54, 1.807) is 22.2 Å². The fourth-order valence-corrected chi connectivity index (χ4v) is 3.48. The van der Waals surface area contributed by atoms with E-state index in [1.807, 2.05) is 25.1 Å². The van der Waals surface area contributed by atoms with Crippen molar-refractivity contribution in [2.24, 2.45) is 0 Å². The molecule has 3 rings (SSSR count). The number of halogens is 2. The third-order valence-electron chi connectivity index (χ3n) is 3.81. The SMILES string of the molecule is CCSc1ccccc1-c1ccc2nc(C(C)(F)F)cn2c1C. The number of imidazole rings is 1. The second kappa shape index (κ2) is 5.96. The number of rotatable bonds is 4. The minimum atomic E-state index is -2.94. The molecule has 120 valence electrons. The van der Waals surface area contributed by atoms with Crippen molar-refractivity contribution in [1.82, 2.24) is 9.38 Å². The maximum atomic E-state index is 13.5. The zero-order chi connectivity index (χ0) is 16.6. The Morgan fingerprint density at radius 2 is 1.87 bits per heavy atom. The molecule has 0 fully saturated rings. The molecule has 2 aromatic heterocycles. The number of fused-ring (bicyclic) bond motifs is 1. The molecule has 0 atom stereocenters. The van der Waals surface area contributed by atoms with Gasteiger partial charge in [-0.25, -0.2) is 4.98 Å². The summed E-state index contributed by atoms with van der Waals surface area (Å²) in [4.78, 5) is 5.24. The zero-order valence-electron chi connectivity index (χ0n) is 13.3. The van der Waals surface area contributed by atoms with Crippen LogP contribution in [0.4, 0.5) is 8.78 Å². The van der Waals surface area contributed by atoms with Crippen LogP contribution in [-0.2, 0) is 5.92 Å². The highest BCUT2D eigenvalue weighted by Crippen LogP contribution is 2.34. The number of pyridine rings is 1. The van der Waals surface area contributed by atoms with E-state index >= 15 is 0 Å². The van der Waals surface area contributed by atoms with E-state index in [0.717, 1.165) is 29.5 Å². The Morgan fingerprint density at radius 1 is 1.13 bits per heavy atom. The van der Waals surface area contributed by atoms with E-state index in [0.29, 0.717) is 5.65 Å². The second-order valence-electron chi connectivity index (χ2n) is 5.50. The average Bonchev–Trinajstić information content (AvgIpc) is 2.94. The van der Waals surface area contributed by atoms with Crippen molar-refractivity contribution in [3.63, 3.8) is 0 Å². The standard InChI is InChI=1S/C18H18F2N2S/c1-4-23-15-8-6-5-7-14(15)13-9-10-17-21-16(18(3,19)20)11-22(17)12(13)2/h5-11H,4H2,1-3H3. The molecule has 0 aliphatic heterocycles. The zero-order valence-corrected chi connectivity index (χ0v) is 14.1. The lowest BCUT2D eigenvalue weighted by molar-refractivity contribution is 0.0133. The number of alkyl halides is 2. The third kappa shape index (κ3) is 2.98. The van der Waals surface area contributed by atoms with Crippen LogP contribution in [-0.4, -0.2) is 15.1 Å². The number of thioether (sulfide) groups is 1. The topological polar surface area (TPSA) is 17.3 Å². The summed E-state index contributed by atoms with van der Waals surface area (Å²) < 4.78 is 28.8. The van der Waals surface area contributed by atoms with Crippen molar-refractivity contribution in [3.8, 4) is 11.1 Å². The Balaban J connectivity index is 2.18. The number of nitrogens with zero attached hydrogens (tertiary/aromatic N) is 2. The molecule has 0 saturated heterocycles. The molecule has 0 spiro atoms. The number of aromatic nitrogens is 2. The Hall–Kier alpha value is -1.88. The summed E-state index contributed by atoms with van der Waals surface area (Å²) in [6.07, 6.45) is 1.43. The molecule has 0 aliphatic carbocycles. The van der Waals surface area contributed by atoms with E-state index in [9.17, 15) is 8.78 Å². The third-order valence-corrected chi connectivity index (χ3v) is 4.77. The van der Waals surface area contributed by atoms with Gasteiger partial charge in [-0.15, -0.1) is 11.8 Å². The van der Waals surface area contributed by atoms with Gasteiger partial charge in [0.2, 0.25) is 0 Å². The van der Waals surface area contributed by atoms with Crippen molar-refractivity contribution in [2.45, 2.75) is 31.6 Å².